The molecule has 2 aromatic rings. The fourth-order valence-electron chi connectivity index (χ4n) is 2.18. The molecular formula is C18H16IN3O5S. The molecule has 8 nitrogen and oxygen atoms in total. The zero-order valence-corrected chi connectivity index (χ0v) is 17.6. The molecule has 0 radical (unpaired) electrons. The Hall–Kier alpha value is -2.62. The summed E-state index contributed by atoms with van der Waals surface area (Å²) in [5.41, 5.74) is 0.621. The van der Waals surface area contributed by atoms with Crippen molar-refractivity contribution < 1.29 is 23.1 Å². The Bertz CT molecular complexity index is 1070. The number of primary sulfonamides is 1. The van der Waals surface area contributed by atoms with E-state index in [1.165, 1.54) is 36.4 Å². The van der Waals surface area contributed by atoms with Crippen LogP contribution in [-0.4, -0.2) is 26.0 Å². The van der Waals surface area contributed by atoms with Gasteiger partial charge in [0.15, 0.2) is 11.5 Å². The minimum Gasteiger partial charge on any atom is -0.504 e. The number of benzene rings is 2. The van der Waals surface area contributed by atoms with Crippen molar-refractivity contribution >= 4 is 50.3 Å². The summed E-state index contributed by atoms with van der Waals surface area (Å²) in [6.45, 7) is 2.11. The first-order chi connectivity index (χ1) is 13.2. The number of hydrogen-bond donors (Lipinski definition) is 3. The van der Waals surface area contributed by atoms with Crippen molar-refractivity contribution in [1.82, 2.24) is 0 Å². The van der Waals surface area contributed by atoms with Gasteiger partial charge in [-0.25, -0.2) is 13.6 Å². The van der Waals surface area contributed by atoms with Crippen molar-refractivity contribution in [3.63, 3.8) is 0 Å². The molecule has 0 aliphatic heterocycles. The molecule has 0 aromatic heterocycles. The number of nitrogens with zero attached hydrogens (tertiary/aromatic N) is 1. The highest BCUT2D eigenvalue weighted by Crippen LogP contribution is 2.33. The molecule has 2 aromatic carbocycles. The quantitative estimate of drug-likeness (QED) is 0.308. The van der Waals surface area contributed by atoms with Crippen LogP contribution in [0.25, 0.3) is 6.08 Å². The van der Waals surface area contributed by atoms with E-state index in [-0.39, 0.29) is 22.0 Å². The van der Waals surface area contributed by atoms with Gasteiger partial charge in [-0.1, -0.05) is 0 Å². The van der Waals surface area contributed by atoms with Crippen LogP contribution in [0.15, 0.2) is 46.9 Å². The summed E-state index contributed by atoms with van der Waals surface area (Å²) < 4.78 is 28.4. The van der Waals surface area contributed by atoms with Crippen LogP contribution in [0, 0.1) is 14.9 Å². The smallest absolute Gasteiger partial charge is 0.266 e. The van der Waals surface area contributed by atoms with E-state index in [4.69, 9.17) is 9.88 Å². The first-order valence-corrected chi connectivity index (χ1v) is 10.5. The molecule has 10 heteroatoms. The highest BCUT2D eigenvalue weighted by molar-refractivity contribution is 14.1. The molecule has 0 spiro atoms. The second-order valence-electron chi connectivity index (χ2n) is 5.48. The maximum absolute atomic E-state index is 12.4. The van der Waals surface area contributed by atoms with Gasteiger partial charge in [0.25, 0.3) is 5.91 Å². The highest BCUT2D eigenvalue weighted by Gasteiger charge is 2.13. The summed E-state index contributed by atoms with van der Waals surface area (Å²) in [5, 5.41) is 26.8. The van der Waals surface area contributed by atoms with Crippen LogP contribution < -0.4 is 15.2 Å². The SMILES string of the molecule is CCOc1cc(C=C(C#N)C(=O)Nc2ccc(S(N)(=O)=O)cc2)cc(I)c1O. The first kappa shape index (κ1) is 21.7. The summed E-state index contributed by atoms with van der Waals surface area (Å²) in [5.74, 6) is -0.443. The molecule has 0 unspecified atom stereocenters. The standard InChI is InChI=1S/C18H16IN3O5S/c1-2-27-16-9-11(8-15(19)17(16)23)7-12(10-20)18(24)22-13-3-5-14(6-4-13)28(21,25)26/h3-9,23H,2H2,1H3,(H,22,24)(H2,21,25,26). The van der Waals surface area contributed by atoms with E-state index in [1.54, 1.807) is 13.0 Å². The first-order valence-electron chi connectivity index (χ1n) is 7.87. The van der Waals surface area contributed by atoms with Crippen LogP contribution >= 0.6 is 22.6 Å². The number of carbonyl (C=O) groups excluding carboxylic acids is 1. The second-order valence-corrected chi connectivity index (χ2v) is 8.20. The van der Waals surface area contributed by atoms with Crippen molar-refractivity contribution in [1.29, 1.82) is 5.26 Å². The molecule has 28 heavy (non-hydrogen) atoms. The van der Waals surface area contributed by atoms with Crippen LogP contribution in [0.4, 0.5) is 5.69 Å². The summed E-state index contributed by atoms with van der Waals surface area (Å²) in [4.78, 5) is 12.3. The molecular weight excluding hydrogens is 497 g/mol. The number of halogens is 1. The predicted molar refractivity (Wildman–Crippen MR) is 112 cm³/mol. The Morgan fingerprint density at radius 1 is 1.36 bits per heavy atom. The molecule has 0 heterocycles. The molecule has 0 bridgehead atoms. The molecule has 0 fully saturated rings. The lowest BCUT2D eigenvalue weighted by molar-refractivity contribution is -0.112. The van der Waals surface area contributed by atoms with Crippen LogP contribution in [0.2, 0.25) is 0 Å². The lowest BCUT2D eigenvalue weighted by Crippen LogP contribution is -2.14. The van der Waals surface area contributed by atoms with Gasteiger partial charge in [-0.05, 0) is 77.6 Å². The maximum Gasteiger partial charge on any atom is 0.266 e. The molecule has 2 rings (SSSR count). The molecule has 0 atom stereocenters. The molecule has 0 aliphatic carbocycles. The lowest BCUT2D eigenvalue weighted by Gasteiger charge is -2.09. The predicted octanol–water partition coefficient (Wildman–Crippen LogP) is 2.59. The molecule has 0 saturated heterocycles. The zero-order chi connectivity index (χ0) is 20.9. The number of aromatic hydroxyl groups is 1. The number of nitrogens with one attached hydrogen (secondary N) is 1. The van der Waals surface area contributed by atoms with Gasteiger partial charge in [0.1, 0.15) is 11.6 Å². The number of anilines is 1. The van der Waals surface area contributed by atoms with Crippen LogP contribution in [0.1, 0.15) is 12.5 Å². The zero-order valence-electron chi connectivity index (χ0n) is 14.6. The minimum absolute atomic E-state index is 0.0162. The monoisotopic (exact) mass is 513 g/mol. The summed E-state index contributed by atoms with van der Waals surface area (Å²) in [7, 11) is -3.84. The van der Waals surface area contributed by atoms with Gasteiger partial charge >= 0.3 is 0 Å². The number of carbonyl (C=O) groups is 1. The normalized spacial score (nSPS) is 11.6. The number of rotatable bonds is 6. The Morgan fingerprint density at radius 3 is 2.54 bits per heavy atom. The van der Waals surface area contributed by atoms with Gasteiger partial charge in [0.05, 0.1) is 15.1 Å². The van der Waals surface area contributed by atoms with Gasteiger partial charge in [0.2, 0.25) is 10.0 Å². The van der Waals surface area contributed by atoms with Gasteiger partial charge in [-0.15, -0.1) is 0 Å². The van der Waals surface area contributed by atoms with Crippen LogP contribution in [0.5, 0.6) is 11.5 Å². The number of nitriles is 1. The number of phenolic OH excluding ortho intramolecular Hbond substituents is 1. The summed E-state index contributed by atoms with van der Waals surface area (Å²) >= 11 is 1.92. The molecule has 0 aliphatic rings. The van der Waals surface area contributed by atoms with E-state index >= 15 is 0 Å². The lowest BCUT2D eigenvalue weighted by atomic mass is 10.1. The molecule has 146 valence electrons. The molecule has 0 saturated carbocycles. The average molecular weight is 513 g/mol. The van der Waals surface area contributed by atoms with E-state index in [2.05, 4.69) is 5.32 Å². The minimum atomic E-state index is -3.84. The summed E-state index contributed by atoms with van der Waals surface area (Å²) in [6.07, 6.45) is 1.36. The van der Waals surface area contributed by atoms with E-state index in [0.717, 1.165) is 0 Å². The summed E-state index contributed by atoms with van der Waals surface area (Å²) in [6, 6.07) is 10.2. The average Bonchev–Trinajstić information content (AvgIpc) is 2.63. The van der Waals surface area contributed by atoms with Crippen LogP contribution in [0.3, 0.4) is 0 Å². The van der Waals surface area contributed by atoms with Gasteiger partial charge in [-0.3, -0.25) is 4.79 Å². The number of amides is 1. The van der Waals surface area contributed by atoms with Crippen LogP contribution in [-0.2, 0) is 14.8 Å². The Labute approximate surface area is 175 Å². The number of nitrogens with two attached hydrogens (primary N) is 1. The number of phenols is 1. The third kappa shape index (κ3) is 5.44. The largest absolute Gasteiger partial charge is 0.504 e. The van der Waals surface area contributed by atoms with Gasteiger partial charge in [0, 0.05) is 5.69 Å². The fourth-order valence-corrected chi connectivity index (χ4v) is 3.33. The second kappa shape index (κ2) is 9.05. The third-order valence-corrected chi connectivity index (χ3v) is 5.22. The van der Waals surface area contributed by atoms with Crippen molar-refractivity contribution in [3.8, 4) is 17.6 Å². The Kier molecular flexibility index (Phi) is 7.00. The number of sulfonamides is 1. The van der Waals surface area contributed by atoms with E-state index in [0.29, 0.717) is 21.4 Å². The van der Waals surface area contributed by atoms with Crippen molar-refractivity contribution in [2.45, 2.75) is 11.8 Å². The molecule has 1 amide bonds. The highest BCUT2D eigenvalue weighted by atomic mass is 127. The van der Waals surface area contributed by atoms with Gasteiger partial charge < -0.3 is 15.2 Å². The van der Waals surface area contributed by atoms with Gasteiger partial charge in [-0.2, -0.15) is 5.26 Å². The van der Waals surface area contributed by atoms with E-state index in [1.807, 2.05) is 28.7 Å². The van der Waals surface area contributed by atoms with Crippen molar-refractivity contribution in [2.75, 3.05) is 11.9 Å². The Morgan fingerprint density at radius 2 is 2.00 bits per heavy atom. The van der Waals surface area contributed by atoms with E-state index in [9.17, 15) is 23.6 Å². The third-order valence-electron chi connectivity index (χ3n) is 3.47. The number of ether oxygens (including phenoxy) is 1. The maximum atomic E-state index is 12.4. The Balaban J connectivity index is 2.27. The molecule has 4 N–H and O–H groups in total. The van der Waals surface area contributed by atoms with Crippen molar-refractivity contribution in [3.05, 3.63) is 51.1 Å². The topological polar surface area (TPSA) is 143 Å². The van der Waals surface area contributed by atoms with E-state index < -0.39 is 15.9 Å². The fraction of sp³-hybridized carbons (Fsp3) is 0.111. The number of hydrogen-bond acceptors (Lipinski definition) is 6. The van der Waals surface area contributed by atoms with Crippen molar-refractivity contribution in [2.24, 2.45) is 5.14 Å².